The molecular formula is C70H83N3O14. The number of aliphatic hydroxyl groups is 1. The topological polar surface area (TPSA) is 244 Å². The van der Waals surface area contributed by atoms with Crippen LogP contribution in [0.4, 0.5) is 0 Å². The molecule has 0 fully saturated rings. The van der Waals surface area contributed by atoms with Crippen molar-refractivity contribution in [3.63, 3.8) is 0 Å². The second-order valence-electron chi connectivity index (χ2n) is 22.8. The number of unbranched alkanes of at least 4 members (excludes halogenated alkanes) is 1. The first-order valence-electron chi connectivity index (χ1n) is 29.0. The monoisotopic (exact) mass is 1190 g/mol. The SMILES string of the molecule is [C-]#[N+]CCOC(OC[C@H](O)[C@H]1OC(=O)C(OC(=O)c2ccccc2)=C1OC(=O)c1ccccc1)OC1CC(C)(C)C(/C=C/C(C)=C/C=C/C(C)=C/C=C/C=C(C)/C=C/C=C(C)/C=C/C2=C(C)C(=O)C(OC(=O)C(N)CCCCN)CC2(C)C)=C(C)C1=O. The number of nitrogens with zero attached hydrogens (tertiary/aromatic N) is 1. The van der Waals surface area contributed by atoms with E-state index in [1.807, 2.05) is 140 Å². The molecule has 462 valence electrons. The number of Topliss-reactive ketones (excluding diaryl/α,β-unsaturated/α-hetero) is 2. The van der Waals surface area contributed by atoms with E-state index in [9.17, 15) is 33.9 Å². The summed E-state index contributed by atoms with van der Waals surface area (Å²) in [6.45, 7) is 24.8. The minimum absolute atomic E-state index is 0.0701. The van der Waals surface area contributed by atoms with E-state index in [4.69, 9.17) is 51.2 Å². The summed E-state index contributed by atoms with van der Waals surface area (Å²) in [4.78, 5) is 82.7. The van der Waals surface area contributed by atoms with E-state index >= 15 is 0 Å². The smallest absolute Gasteiger partial charge is 0.379 e. The van der Waals surface area contributed by atoms with Crippen molar-refractivity contribution in [3.8, 4) is 0 Å². The van der Waals surface area contributed by atoms with Gasteiger partial charge in [-0.15, -0.1) is 0 Å². The van der Waals surface area contributed by atoms with Crippen LogP contribution < -0.4 is 11.5 Å². The molecule has 3 aliphatic rings. The lowest BCUT2D eigenvalue weighted by atomic mass is 9.71. The van der Waals surface area contributed by atoms with Crippen molar-refractivity contribution in [1.29, 1.82) is 0 Å². The highest BCUT2D eigenvalue weighted by Gasteiger charge is 2.46. The highest BCUT2D eigenvalue weighted by molar-refractivity contribution is 6.02. The number of hydrogen-bond donors (Lipinski definition) is 3. The second-order valence-corrected chi connectivity index (χ2v) is 22.8. The van der Waals surface area contributed by atoms with Crippen molar-refractivity contribution >= 4 is 35.4 Å². The van der Waals surface area contributed by atoms with Gasteiger partial charge in [0.1, 0.15) is 24.9 Å². The Morgan fingerprint density at radius 2 is 1.18 bits per heavy atom. The zero-order valence-corrected chi connectivity index (χ0v) is 51.5. The highest BCUT2D eigenvalue weighted by Crippen LogP contribution is 2.42. The maximum Gasteiger partial charge on any atom is 0.379 e. The van der Waals surface area contributed by atoms with Gasteiger partial charge in [-0.05, 0) is 125 Å². The first-order chi connectivity index (χ1) is 41.4. The van der Waals surface area contributed by atoms with Crippen LogP contribution in [0.5, 0.6) is 0 Å². The number of esters is 4. The van der Waals surface area contributed by atoms with Gasteiger partial charge < -0.3 is 54.6 Å². The molecule has 17 heteroatoms. The summed E-state index contributed by atoms with van der Waals surface area (Å²) in [5.74, 6) is -5.43. The van der Waals surface area contributed by atoms with Crippen LogP contribution in [0.2, 0.25) is 0 Å². The summed E-state index contributed by atoms with van der Waals surface area (Å²) in [6.07, 6.45) is 24.9. The Kier molecular flexibility index (Phi) is 26.9. The first-order valence-corrected chi connectivity index (χ1v) is 29.0. The van der Waals surface area contributed by atoms with Crippen LogP contribution in [0.15, 0.2) is 202 Å². The predicted molar refractivity (Wildman–Crippen MR) is 332 cm³/mol. The van der Waals surface area contributed by atoms with Gasteiger partial charge in [0.25, 0.3) is 12.2 Å². The van der Waals surface area contributed by atoms with E-state index in [2.05, 4.69) is 4.85 Å². The Labute approximate surface area is 511 Å². The fourth-order valence-electron chi connectivity index (χ4n) is 9.71. The minimum Gasteiger partial charge on any atom is -0.453 e. The Morgan fingerprint density at radius 1 is 0.701 bits per heavy atom. The zero-order chi connectivity index (χ0) is 63.8. The maximum absolute atomic E-state index is 14.0. The van der Waals surface area contributed by atoms with Crippen molar-refractivity contribution in [3.05, 3.63) is 224 Å². The summed E-state index contributed by atoms with van der Waals surface area (Å²) in [7, 11) is 0. The Morgan fingerprint density at radius 3 is 1.70 bits per heavy atom. The van der Waals surface area contributed by atoms with Crippen molar-refractivity contribution in [1.82, 2.24) is 0 Å². The van der Waals surface area contributed by atoms with Crippen LogP contribution in [-0.2, 0) is 52.3 Å². The summed E-state index contributed by atoms with van der Waals surface area (Å²) >= 11 is 0. The van der Waals surface area contributed by atoms with E-state index in [0.29, 0.717) is 30.5 Å². The van der Waals surface area contributed by atoms with Gasteiger partial charge in [0.2, 0.25) is 12.3 Å². The molecule has 5 rings (SSSR count). The van der Waals surface area contributed by atoms with Gasteiger partial charge in [-0.1, -0.05) is 178 Å². The molecule has 0 saturated carbocycles. The van der Waals surface area contributed by atoms with Crippen LogP contribution in [0.3, 0.4) is 0 Å². The van der Waals surface area contributed by atoms with E-state index < -0.39 is 89.8 Å². The quantitative estimate of drug-likeness (QED) is 0.0171. The van der Waals surface area contributed by atoms with Gasteiger partial charge in [-0.25, -0.2) is 21.0 Å². The Hall–Kier alpha value is -8.21. The number of nitrogens with two attached hydrogens (primary N) is 2. The molecule has 0 bridgehead atoms. The normalized spacial score (nSPS) is 20.7. The van der Waals surface area contributed by atoms with Gasteiger partial charge in [-0.3, -0.25) is 14.4 Å². The van der Waals surface area contributed by atoms with E-state index in [1.54, 1.807) is 50.2 Å². The summed E-state index contributed by atoms with van der Waals surface area (Å²) in [6, 6.07) is 14.8. The van der Waals surface area contributed by atoms with E-state index in [1.165, 1.54) is 24.3 Å². The molecule has 1 aliphatic heterocycles. The number of allylic oxidation sites excluding steroid dienone is 20. The number of benzene rings is 2. The summed E-state index contributed by atoms with van der Waals surface area (Å²) < 4.78 is 39.7. The third kappa shape index (κ3) is 21.0. The molecule has 87 heavy (non-hydrogen) atoms. The summed E-state index contributed by atoms with van der Waals surface area (Å²) in [5.41, 5.74) is 17.6. The first kappa shape index (κ1) is 69.6. The molecular weight excluding hydrogens is 1110 g/mol. The Bertz CT molecular complexity index is 3250. The standard InChI is InChI=1S/C70H83N3O14/c1-45(26-22-28-47(3)35-37-53-49(5)59(75)57(42-69(53,7)8)83-66(79)55(72)34-20-21-39-71)24-18-19-25-46(2)27-23-29-48(4)36-38-54-50(6)60(76)58(43-70(54,9)10)84-68(81-41-40-73-11)82-44-56(74)61-62(86-64(77)51-30-14-12-15-31-51)63(67(80)85-61)87-65(78)52-32-16-13-17-33-52/h12-19,22-33,35-38,55-58,61,68,74H,20-21,34,39-44,71-72H2,1-10H3/b19-18+,26-22+,27-23+,37-35+,38-36+,45-24+,46-25+,47-28+,48-29+/t55?,56-,57?,58?,61+,68?/m0/s1. The number of ether oxygens (including phenoxy) is 7. The van der Waals surface area contributed by atoms with Gasteiger partial charge in [0.15, 0.2) is 23.8 Å². The van der Waals surface area contributed by atoms with Crippen molar-refractivity contribution in [2.24, 2.45) is 22.3 Å². The fourth-order valence-corrected chi connectivity index (χ4v) is 9.71. The lowest BCUT2D eigenvalue weighted by Gasteiger charge is -2.37. The number of carbonyl (C=O) groups excluding carboxylic acids is 6. The molecule has 0 saturated heterocycles. The Balaban J connectivity index is 1.16. The van der Waals surface area contributed by atoms with Crippen LogP contribution in [0, 0.1) is 17.4 Å². The van der Waals surface area contributed by atoms with E-state index in [-0.39, 0.29) is 42.3 Å². The molecule has 0 radical (unpaired) electrons. The lowest BCUT2D eigenvalue weighted by Crippen LogP contribution is -2.42. The number of rotatable bonds is 29. The second kappa shape index (κ2) is 33.6. The van der Waals surface area contributed by atoms with E-state index in [0.717, 1.165) is 46.3 Å². The number of carbonyl (C=O) groups is 6. The van der Waals surface area contributed by atoms with Crippen LogP contribution in [-0.4, -0.2) is 104 Å². The molecule has 17 nitrogen and oxygen atoms in total. The van der Waals surface area contributed by atoms with Gasteiger partial charge >= 0.3 is 23.9 Å². The number of hydrogen-bond acceptors (Lipinski definition) is 16. The third-order valence-corrected chi connectivity index (χ3v) is 14.6. The van der Waals surface area contributed by atoms with Crippen molar-refractivity contribution in [2.75, 3.05) is 26.3 Å². The summed E-state index contributed by atoms with van der Waals surface area (Å²) in [5, 5.41) is 11.4. The molecule has 4 unspecified atom stereocenters. The lowest BCUT2D eigenvalue weighted by molar-refractivity contribution is -0.307. The maximum atomic E-state index is 14.0. The average Bonchev–Trinajstić information content (AvgIpc) is 1.36. The van der Waals surface area contributed by atoms with Gasteiger partial charge in [0, 0.05) is 6.42 Å². The highest BCUT2D eigenvalue weighted by atomic mass is 16.8. The average molecular weight is 1190 g/mol. The molecule has 0 aromatic heterocycles. The molecule has 0 amide bonds. The predicted octanol–water partition coefficient (Wildman–Crippen LogP) is 11.4. The molecule has 0 spiro atoms. The fraction of sp³-hybridized carbons (Fsp3) is 0.386. The van der Waals surface area contributed by atoms with Gasteiger partial charge in [0.05, 0.1) is 17.7 Å². The minimum atomic E-state index is -1.75. The van der Waals surface area contributed by atoms with Crippen LogP contribution in [0.1, 0.15) is 122 Å². The van der Waals surface area contributed by atoms with Crippen molar-refractivity contribution < 1.29 is 67.0 Å². The molecule has 1 heterocycles. The van der Waals surface area contributed by atoms with Gasteiger partial charge in [-0.2, -0.15) is 0 Å². The molecule has 2 aliphatic carbocycles. The molecule has 6 atom stereocenters. The number of aliphatic hydroxyl groups excluding tert-OH is 1. The van der Waals surface area contributed by atoms with Crippen LogP contribution in [0.25, 0.3) is 4.85 Å². The number of ketones is 2. The largest absolute Gasteiger partial charge is 0.453 e. The molecule has 2 aromatic carbocycles. The zero-order valence-electron chi connectivity index (χ0n) is 51.5. The molecule has 5 N–H and O–H groups in total. The van der Waals surface area contributed by atoms with Crippen LogP contribution >= 0.6 is 0 Å². The number of cyclic esters (lactones) is 1. The third-order valence-electron chi connectivity index (χ3n) is 14.6. The molecule has 2 aromatic rings. The van der Waals surface area contributed by atoms with Crippen molar-refractivity contribution in [2.45, 2.75) is 138 Å².